The molecule has 0 aliphatic carbocycles. The molecule has 0 amide bonds. The summed E-state index contributed by atoms with van der Waals surface area (Å²) in [7, 11) is -9.93. The average molecular weight is 1590 g/mol. The summed E-state index contributed by atoms with van der Waals surface area (Å²) in [4.78, 5) is 73.4. The lowest BCUT2D eigenvalue weighted by Gasteiger charge is -2.21. The van der Waals surface area contributed by atoms with E-state index in [1.54, 1.807) is 0 Å². The maximum atomic E-state index is 13.2. The van der Waals surface area contributed by atoms with Gasteiger partial charge in [-0.25, -0.2) is 9.13 Å². The van der Waals surface area contributed by atoms with Crippen molar-refractivity contribution in [1.29, 1.82) is 0 Å². The van der Waals surface area contributed by atoms with Gasteiger partial charge < -0.3 is 33.8 Å². The molecule has 0 aliphatic heterocycles. The van der Waals surface area contributed by atoms with Gasteiger partial charge in [0.1, 0.15) is 19.3 Å². The summed E-state index contributed by atoms with van der Waals surface area (Å²) in [6.07, 6.45) is 80.7. The van der Waals surface area contributed by atoms with E-state index in [0.717, 1.165) is 89.9 Å². The lowest BCUT2D eigenvalue weighted by molar-refractivity contribution is -0.161. The van der Waals surface area contributed by atoms with Crippen molar-refractivity contribution in [2.24, 2.45) is 0 Å². The van der Waals surface area contributed by atoms with Crippen LogP contribution in [0.4, 0.5) is 0 Å². The van der Waals surface area contributed by atoms with Crippen molar-refractivity contribution < 1.29 is 80.2 Å². The van der Waals surface area contributed by atoms with Gasteiger partial charge in [0.2, 0.25) is 0 Å². The molecule has 17 nitrogen and oxygen atoms in total. The highest BCUT2D eigenvalue weighted by Crippen LogP contribution is 2.45. The maximum absolute atomic E-state index is 13.2. The van der Waals surface area contributed by atoms with Gasteiger partial charge in [-0.1, -0.05) is 445 Å². The highest BCUT2D eigenvalue weighted by Gasteiger charge is 2.30. The molecule has 0 aromatic carbocycles. The predicted molar refractivity (Wildman–Crippen MR) is 451 cm³/mol. The van der Waals surface area contributed by atoms with Gasteiger partial charge in [0, 0.05) is 25.7 Å². The lowest BCUT2D eigenvalue weighted by Crippen LogP contribution is -2.30. The van der Waals surface area contributed by atoms with E-state index in [9.17, 15) is 43.2 Å². The fraction of sp³-hybridized carbons (Fsp3) is 0.956. The van der Waals surface area contributed by atoms with Gasteiger partial charge >= 0.3 is 39.5 Å². The number of aliphatic hydroxyl groups excluding tert-OH is 1. The number of carbonyl (C=O) groups excluding carboxylic acids is 4. The van der Waals surface area contributed by atoms with Gasteiger partial charge in [0.25, 0.3) is 0 Å². The van der Waals surface area contributed by atoms with Gasteiger partial charge in [-0.3, -0.25) is 37.3 Å². The topological polar surface area (TPSA) is 237 Å². The number of ether oxygens (including phenoxy) is 4. The number of esters is 4. The van der Waals surface area contributed by atoms with Crippen molar-refractivity contribution >= 4 is 39.5 Å². The Morgan fingerprint density at radius 3 is 0.541 bits per heavy atom. The number of aliphatic hydroxyl groups is 1. The van der Waals surface area contributed by atoms with E-state index in [1.165, 1.54) is 327 Å². The molecule has 5 atom stereocenters. The molecule has 0 spiro atoms. The van der Waals surface area contributed by atoms with E-state index in [0.29, 0.717) is 25.7 Å². The third-order valence-electron chi connectivity index (χ3n) is 21.4. The molecule has 0 fully saturated rings. The third-order valence-corrected chi connectivity index (χ3v) is 23.3. The molecule has 0 aromatic rings. The average Bonchev–Trinajstić information content (AvgIpc) is 0.905. The zero-order valence-corrected chi connectivity index (χ0v) is 73.3. The Bertz CT molecular complexity index is 2050. The first-order valence-corrected chi connectivity index (χ1v) is 49.8. The number of carbonyl (C=O) groups is 4. The van der Waals surface area contributed by atoms with Gasteiger partial charge in [-0.15, -0.1) is 0 Å². The predicted octanol–water partition coefficient (Wildman–Crippen LogP) is 28.1. The Morgan fingerprint density at radius 1 is 0.220 bits per heavy atom. The van der Waals surface area contributed by atoms with E-state index in [-0.39, 0.29) is 25.7 Å². The molecule has 648 valence electrons. The fourth-order valence-corrected chi connectivity index (χ4v) is 15.8. The molecule has 0 aromatic heterocycles. The molecule has 0 rings (SSSR count). The highest BCUT2D eigenvalue weighted by atomic mass is 31.2. The number of phosphoric acid groups is 2. The first kappa shape index (κ1) is 107. The van der Waals surface area contributed by atoms with Crippen LogP contribution in [0.5, 0.6) is 0 Å². The summed E-state index contributed by atoms with van der Waals surface area (Å²) in [5, 5.41) is 10.7. The molecule has 0 bridgehead atoms. The smallest absolute Gasteiger partial charge is 0.462 e. The van der Waals surface area contributed by atoms with Crippen LogP contribution >= 0.6 is 15.6 Å². The van der Waals surface area contributed by atoms with Crippen molar-refractivity contribution in [2.45, 2.75) is 515 Å². The van der Waals surface area contributed by atoms with E-state index < -0.39 is 97.5 Å². The van der Waals surface area contributed by atoms with Crippen molar-refractivity contribution in [1.82, 2.24) is 0 Å². The minimum absolute atomic E-state index is 0.109. The Balaban J connectivity index is 5.22. The molecule has 0 heterocycles. The fourth-order valence-electron chi connectivity index (χ4n) is 14.2. The second-order valence-corrected chi connectivity index (χ2v) is 35.3. The number of hydrogen-bond acceptors (Lipinski definition) is 15. The van der Waals surface area contributed by atoms with Crippen LogP contribution in [0.1, 0.15) is 496 Å². The van der Waals surface area contributed by atoms with Gasteiger partial charge in [0.15, 0.2) is 12.2 Å². The standard InChI is InChI=1S/C90H176O17P2/c1-5-9-13-17-21-25-29-32-35-38-40-42-43-45-47-50-53-57-61-65-69-73-77-90(95)107-86(81-101-88(93)75-71-67-63-59-55-51-49-46-44-41-39-36-33-30-26-22-18-14-10-6-2)83-105-109(98,99)103-79-84(91)78-102-108(96,97)104-82-85(80-100-87(92)74-70-66-62-58-54-28-24-20-16-12-8-4)106-89(94)76-72-68-64-60-56-52-48-37-34-31-27-23-19-15-11-7-3/h84-86,91H,5-83H2,1-4H3,(H,96,97)(H,98,99)/t84-,85+,86+/m0/s1. The van der Waals surface area contributed by atoms with Crippen molar-refractivity contribution in [2.75, 3.05) is 39.6 Å². The van der Waals surface area contributed by atoms with Crippen LogP contribution in [0.2, 0.25) is 0 Å². The van der Waals surface area contributed by atoms with Gasteiger partial charge in [-0.05, 0) is 25.7 Å². The minimum atomic E-state index is -4.97. The largest absolute Gasteiger partial charge is 0.472 e. The molecule has 3 N–H and O–H groups in total. The molecule has 19 heteroatoms. The van der Waals surface area contributed by atoms with E-state index in [4.69, 9.17) is 37.0 Å². The Morgan fingerprint density at radius 2 is 0.367 bits per heavy atom. The maximum Gasteiger partial charge on any atom is 0.472 e. The summed E-state index contributed by atoms with van der Waals surface area (Å²) < 4.78 is 69.0. The van der Waals surface area contributed by atoms with Crippen molar-refractivity contribution in [3.63, 3.8) is 0 Å². The monoisotopic (exact) mass is 1590 g/mol. The summed E-state index contributed by atoms with van der Waals surface area (Å²) in [5.74, 6) is -2.09. The molecular weight excluding hydrogens is 1410 g/mol. The van der Waals surface area contributed by atoms with Crippen LogP contribution in [0, 0.1) is 0 Å². The third kappa shape index (κ3) is 83.8. The molecular formula is C90H176O17P2. The minimum Gasteiger partial charge on any atom is -0.462 e. The highest BCUT2D eigenvalue weighted by molar-refractivity contribution is 7.47. The van der Waals surface area contributed by atoms with Crippen molar-refractivity contribution in [3.8, 4) is 0 Å². The van der Waals surface area contributed by atoms with Gasteiger partial charge in [-0.2, -0.15) is 0 Å². The van der Waals surface area contributed by atoms with E-state index >= 15 is 0 Å². The Labute approximate surface area is 670 Å². The second-order valence-electron chi connectivity index (χ2n) is 32.3. The quantitative estimate of drug-likeness (QED) is 0.0222. The SMILES string of the molecule is CCCCCCCCCCCCCCCCCCCCCCCCC(=O)O[C@H](COC(=O)CCCCCCCCCCCCCCCCCCCCCC)COP(=O)(O)OC[C@@H](O)COP(=O)(O)OC[C@@H](COC(=O)CCCCCCCCCCCCC)OC(=O)CCCCCCCCCCCCCCCCCC. The van der Waals surface area contributed by atoms with Crippen LogP contribution in [0.15, 0.2) is 0 Å². The molecule has 0 saturated carbocycles. The summed E-state index contributed by atoms with van der Waals surface area (Å²) in [6, 6.07) is 0. The molecule has 0 saturated heterocycles. The second kappa shape index (κ2) is 84.0. The van der Waals surface area contributed by atoms with Crippen LogP contribution in [0.3, 0.4) is 0 Å². The normalized spacial score (nSPS) is 13.6. The van der Waals surface area contributed by atoms with E-state index in [1.807, 2.05) is 0 Å². The van der Waals surface area contributed by atoms with Crippen LogP contribution in [-0.4, -0.2) is 96.7 Å². The Kier molecular flexibility index (Phi) is 82.5. The molecule has 2 unspecified atom stereocenters. The number of hydrogen-bond donors (Lipinski definition) is 3. The molecule has 0 radical (unpaired) electrons. The van der Waals surface area contributed by atoms with Gasteiger partial charge in [0.05, 0.1) is 26.4 Å². The van der Waals surface area contributed by atoms with E-state index in [2.05, 4.69) is 27.7 Å². The summed E-state index contributed by atoms with van der Waals surface area (Å²) in [6.45, 7) is 5.08. The van der Waals surface area contributed by atoms with Crippen LogP contribution in [0.25, 0.3) is 0 Å². The zero-order chi connectivity index (χ0) is 79.6. The first-order valence-electron chi connectivity index (χ1n) is 46.8. The molecule has 109 heavy (non-hydrogen) atoms. The number of rotatable bonds is 91. The van der Waals surface area contributed by atoms with Crippen molar-refractivity contribution in [3.05, 3.63) is 0 Å². The first-order chi connectivity index (χ1) is 53.2. The van der Waals surface area contributed by atoms with Crippen LogP contribution in [-0.2, 0) is 65.4 Å². The molecule has 0 aliphatic rings. The van der Waals surface area contributed by atoms with Crippen LogP contribution < -0.4 is 0 Å². The lowest BCUT2D eigenvalue weighted by atomic mass is 10.0. The Hall–Kier alpha value is -1.94. The zero-order valence-electron chi connectivity index (χ0n) is 71.5. The summed E-state index contributed by atoms with van der Waals surface area (Å²) in [5.41, 5.74) is 0. The number of unbranched alkanes of at least 4 members (excludes halogenated alkanes) is 65. The number of phosphoric ester groups is 2. The summed E-state index contributed by atoms with van der Waals surface area (Å²) >= 11 is 0.